The van der Waals surface area contributed by atoms with E-state index in [2.05, 4.69) is 161 Å². The minimum absolute atomic E-state index is 1.01. The maximum Gasteiger partial charge on any atom is 0.146 e. The lowest BCUT2D eigenvalue weighted by atomic mass is 9.94. The molecule has 8 aromatic carbocycles. The minimum atomic E-state index is 1.01. The van der Waals surface area contributed by atoms with Crippen LogP contribution < -0.4 is 0 Å². The monoisotopic (exact) mass is 639 g/mol. The highest BCUT2D eigenvalue weighted by Gasteiger charge is 2.22. The fourth-order valence-corrected chi connectivity index (χ4v) is 9.85. The molecule has 12 aromatic rings. The van der Waals surface area contributed by atoms with E-state index in [9.17, 15) is 0 Å². The Kier molecular flexibility index (Phi) is 4.86. The summed E-state index contributed by atoms with van der Waals surface area (Å²) < 4.78 is 7.46. The van der Waals surface area contributed by atoms with E-state index in [1.165, 1.54) is 79.7 Å². The summed E-state index contributed by atoms with van der Waals surface area (Å²) in [4.78, 5) is 5.54. The number of benzene rings is 8. The van der Waals surface area contributed by atoms with Crippen molar-refractivity contribution in [3.8, 4) is 5.69 Å². The molecule has 0 N–H and O–H groups in total. The number of rotatable bonds is 1. The van der Waals surface area contributed by atoms with Gasteiger partial charge >= 0.3 is 0 Å². The molecule has 0 atom stereocenters. The summed E-state index contributed by atoms with van der Waals surface area (Å²) in [5.74, 6) is 0. The van der Waals surface area contributed by atoms with E-state index in [4.69, 9.17) is 4.98 Å². The zero-order valence-electron chi connectivity index (χ0n) is 26.2. The van der Waals surface area contributed by atoms with Gasteiger partial charge in [0.2, 0.25) is 0 Å². The van der Waals surface area contributed by atoms with E-state index in [0.29, 0.717) is 0 Å². The predicted octanol–water partition coefficient (Wildman–Crippen LogP) is 12.6. The molecule has 0 radical (unpaired) electrons. The molecule has 0 saturated carbocycles. The first-order valence-corrected chi connectivity index (χ1v) is 17.5. The molecule has 0 aliphatic carbocycles. The summed E-state index contributed by atoms with van der Waals surface area (Å²) in [6.07, 6.45) is 0. The van der Waals surface area contributed by atoms with Crippen LogP contribution in [0.2, 0.25) is 0 Å². The van der Waals surface area contributed by atoms with Gasteiger partial charge in [-0.2, -0.15) is 0 Å². The van der Waals surface area contributed by atoms with E-state index >= 15 is 0 Å². The average molecular weight is 640 g/mol. The lowest BCUT2D eigenvalue weighted by molar-refractivity contribution is 1.19. The molecule has 0 unspecified atom stereocenters. The van der Waals surface area contributed by atoms with Crippen molar-refractivity contribution in [3.05, 3.63) is 152 Å². The van der Waals surface area contributed by atoms with Crippen LogP contribution in [0.4, 0.5) is 0 Å². The van der Waals surface area contributed by atoms with Gasteiger partial charge in [0.15, 0.2) is 0 Å². The molecule has 12 rings (SSSR count). The number of thiophene rings is 1. The highest BCUT2D eigenvalue weighted by Crippen LogP contribution is 2.44. The number of aromatic nitrogens is 3. The van der Waals surface area contributed by atoms with Gasteiger partial charge < -0.3 is 4.57 Å². The molecule has 4 aromatic heterocycles. The molecule has 3 nitrogen and oxygen atoms in total. The SMILES string of the molecule is c1ccc2c(c1)sc1c3ccccc3c3nc4c5c6ccccc6n(-c6ccc7c8ccccc8c8ccccc8c7c6)c5ccc4n3c21. The summed E-state index contributed by atoms with van der Waals surface area (Å²) in [5.41, 5.74) is 7.93. The van der Waals surface area contributed by atoms with Crippen molar-refractivity contribution in [3.63, 3.8) is 0 Å². The van der Waals surface area contributed by atoms with E-state index in [-0.39, 0.29) is 0 Å². The number of para-hydroxylation sites is 1. The Morgan fingerprint density at radius 2 is 1.00 bits per heavy atom. The van der Waals surface area contributed by atoms with Crippen LogP contribution in [0.1, 0.15) is 0 Å². The van der Waals surface area contributed by atoms with Gasteiger partial charge in [-0.05, 0) is 68.7 Å². The number of imidazole rings is 1. The van der Waals surface area contributed by atoms with Gasteiger partial charge in [-0.1, -0.05) is 115 Å². The van der Waals surface area contributed by atoms with Crippen molar-refractivity contribution in [1.82, 2.24) is 14.0 Å². The van der Waals surface area contributed by atoms with E-state index < -0.39 is 0 Å². The Bertz CT molecular complexity index is 3360. The summed E-state index contributed by atoms with van der Waals surface area (Å²) >= 11 is 1.87. The molecule has 0 bridgehead atoms. The largest absolute Gasteiger partial charge is 0.309 e. The second kappa shape index (κ2) is 9.22. The van der Waals surface area contributed by atoms with Crippen molar-refractivity contribution in [2.24, 2.45) is 0 Å². The molecule has 0 amide bonds. The van der Waals surface area contributed by atoms with Crippen LogP contribution in [-0.2, 0) is 0 Å². The lowest BCUT2D eigenvalue weighted by Crippen LogP contribution is -1.94. The molecule has 4 heteroatoms. The van der Waals surface area contributed by atoms with E-state index in [1.54, 1.807) is 0 Å². The molecule has 49 heavy (non-hydrogen) atoms. The smallest absolute Gasteiger partial charge is 0.146 e. The van der Waals surface area contributed by atoms with Crippen LogP contribution in [0.3, 0.4) is 0 Å². The van der Waals surface area contributed by atoms with Crippen molar-refractivity contribution < 1.29 is 0 Å². The highest BCUT2D eigenvalue weighted by molar-refractivity contribution is 7.26. The molecule has 0 aliphatic heterocycles. The van der Waals surface area contributed by atoms with Gasteiger partial charge in [-0.3, -0.25) is 4.40 Å². The molecule has 4 heterocycles. The Morgan fingerprint density at radius 1 is 0.429 bits per heavy atom. The van der Waals surface area contributed by atoms with Gasteiger partial charge in [-0.25, -0.2) is 4.98 Å². The topological polar surface area (TPSA) is 22.2 Å². The maximum absolute atomic E-state index is 5.54. The van der Waals surface area contributed by atoms with Crippen LogP contribution in [0.25, 0.3) is 108 Å². The molecule has 0 spiro atoms. The van der Waals surface area contributed by atoms with Gasteiger partial charge in [-0.15, -0.1) is 11.3 Å². The second-order valence-electron chi connectivity index (χ2n) is 13.1. The summed E-state index contributed by atoms with van der Waals surface area (Å²) in [5, 5.41) is 13.8. The van der Waals surface area contributed by atoms with Gasteiger partial charge in [0, 0.05) is 37.3 Å². The Balaban J connectivity index is 1.24. The first-order chi connectivity index (χ1) is 24.3. The van der Waals surface area contributed by atoms with Crippen molar-refractivity contribution in [2.75, 3.05) is 0 Å². The molecule has 0 saturated heterocycles. The normalized spacial score (nSPS) is 12.5. The zero-order valence-corrected chi connectivity index (χ0v) is 27.0. The summed E-state index contributed by atoms with van der Waals surface area (Å²) in [7, 11) is 0. The third kappa shape index (κ3) is 3.24. The number of hydrogen-bond acceptors (Lipinski definition) is 2. The van der Waals surface area contributed by atoms with Crippen molar-refractivity contribution in [1.29, 1.82) is 0 Å². The van der Waals surface area contributed by atoms with E-state index in [1.807, 2.05) is 11.3 Å². The van der Waals surface area contributed by atoms with Crippen LogP contribution >= 0.6 is 11.3 Å². The number of fused-ring (bicyclic) bond motifs is 20. The van der Waals surface area contributed by atoms with Gasteiger partial charge in [0.05, 0.1) is 32.3 Å². The average Bonchev–Trinajstić information content (AvgIpc) is 3.85. The lowest BCUT2D eigenvalue weighted by Gasteiger charge is -2.13. The molecular formula is C45H25N3S. The minimum Gasteiger partial charge on any atom is -0.309 e. The fraction of sp³-hybridized carbons (Fsp3) is 0. The highest BCUT2D eigenvalue weighted by atomic mass is 32.1. The quantitative estimate of drug-likeness (QED) is 0.164. The molecule has 226 valence electrons. The Morgan fingerprint density at radius 3 is 1.76 bits per heavy atom. The number of pyridine rings is 1. The van der Waals surface area contributed by atoms with Crippen LogP contribution in [0.15, 0.2) is 152 Å². The maximum atomic E-state index is 5.54. The Hall–Kier alpha value is -6.23. The molecular weight excluding hydrogens is 615 g/mol. The molecule has 0 aliphatic rings. The standard InChI is InChI=1S/C45H25N3S/c1-2-13-29-27(11-1)28-12-3-4-14-30(28)36-25-26(21-22-31(29)36)47-37-19-9-7-17-34(37)41-38(47)23-24-39-42(41)46-45-33-16-6-5-15-32(33)44-43(48(39)45)35-18-8-10-20-40(35)49-44/h1-25H. The predicted molar refractivity (Wildman–Crippen MR) is 210 cm³/mol. The van der Waals surface area contributed by atoms with Crippen LogP contribution in [0, 0.1) is 0 Å². The van der Waals surface area contributed by atoms with Crippen molar-refractivity contribution in [2.45, 2.75) is 0 Å². The molecule has 0 fully saturated rings. The third-order valence-corrected chi connectivity index (χ3v) is 11.8. The van der Waals surface area contributed by atoms with Crippen molar-refractivity contribution >= 4 is 113 Å². The van der Waals surface area contributed by atoms with Crippen LogP contribution in [-0.4, -0.2) is 14.0 Å². The number of hydrogen-bond donors (Lipinski definition) is 0. The van der Waals surface area contributed by atoms with Gasteiger partial charge in [0.25, 0.3) is 0 Å². The fourth-order valence-electron chi connectivity index (χ4n) is 8.63. The zero-order chi connectivity index (χ0) is 31.8. The Labute approximate surface area is 283 Å². The summed E-state index contributed by atoms with van der Waals surface area (Å²) in [6, 6.07) is 55.5. The first kappa shape index (κ1) is 25.8. The summed E-state index contributed by atoms with van der Waals surface area (Å²) in [6.45, 7) is 0. The number of nitrogens with zero attached hydrogens (tertiary/aromatic N) is 3. The van der Waals surface area contributed by atoms with Gasteiger partial charge in [0.1, 0.15) is 5.65 Å². The van der Waals surface area contributed by atoms with E-state index in [0.717, 1.165) is 27.9 Å². The van der Waals surface area contributed by atoms with Crippen LogP contribution in [0.5, 0.6) is 0 Å². The second-order valence-corrected chi connectivity index (χ2v) is 14.1. The first-order valence-electron chi connectivity index (χ1n) is 16.7. The third-order valence-electron chi connectivity index (χ3n) is 10.7.